The Labute approximate surface area is 273 Å². The van der Waals surface area contributed by atoms with Gasteiger partial charge in [0.1, 0.15) is 15.5 Å². The molecule has 2 aromatic heterocycles. The van der Waals surface area contributed by atoms with Crippen molar-refractivity contribution in [3.05, 3.63) is 77.5 Å². The molecule has 16 heteroatoms. The number of pyridine rings is 1. The monoisotopic (exact) mass is 687 g/mol. The molecule has 4 aromatic rings. The van der Waals surface area contributed by atoms with E-state index in [4.69, 9.17) is 9.90 Å². The van der Waals surface area contributed by atoms with Crippen LogP contribution in [-0.2, 0) is 27.7 Å². The molecule has 254 valence electrons. The largest absolute Gasteiger partial charge is 0.490 e. The molecule has 1 fully saturated rings. The molecule has 0 spiro atoms. The first-order valence-corrected chi connectivity index (χ1v) is 16.7. The molecule has 0 radical (unpaired) electrons. The Hall–Kier alpha value is -4.96. The standard InChI is InChI=1S/C30H31N5O5S.C2HF3O2/c1-33-27-16-31-28-24(25(27)18-35(30(33)38)22-9-7-21(8-10-22)29(36)37)15-26(32-28)20-5-3-19(4-6-20)17-34-13-11-23(12-14-34)41(2,39)40;3-2(4,5)1(6)7/h3-10,15-16,23H,11-14,17-18H2,1-2H3,(H,31,32)(H,36,37);(H,6,7). The fourth-order valence-corrected chi connectivity index (χ4v) is 6.83. The van der Waals surface area contributed by atoms with Gasteiger partial charge in [-0.3, -0.25) is 14.7 Å². The normalized spacial score (nSPS) is 16.0. The van der Waals surface area contributed by atoms with Crippen molar-refractivity contribution in [2.75, 3.05) is 36.2 Å². The van der Waals surface area contributed by atoms with Gasteiger partial charge in [0.15, 0.2) is 0 Å². The molecule has 6 rings (SSSR count). The Morgan fingerprint density at radius 1 is 1.02 bits per heavy atom. The van der Waals surface area contributed by atoms with Crippen LogP contribution < -0.4 is 9.80 Å². The first-order chi connectivity index (χ1) is 22.5. The Morgan fingerprint density at radius 3 is 2.17 bits per heavy atom. The van der Waals surface area contributed by atoms with Crippen LogP contribution in [0.3, 0.4) is 0 Å². The van der Waals surface area contributed by atoms with Gasteiger partial charge >= 0.3 is 24.1 Å². The number of carbonyl (C=O) groups is 3. The molecule has 2 amide bonds. The van der Waals surface area contributed by atoms with Crippen LogP contribution in [0.1, 0.15) is 34.3 Å². The number of nitrogens with one attached hydrogen (secondary N) is 1. The van der Waals surface area contributed by atoms with E-state index in [2.05, 4.69) is 45.2 Å². The van der Waals surface area contributed by atoms with E-state index in [-0.39, 0.29) is 16.8 Å². The third-order valence-electron chi connectivity index (χ3n) is 8.42. The number of halogens is 3. The number of carboxylic acids is 2. The van der Waals surface area contributed by atoms with E-state index >= 15 is 0 Å². The highest BCUT2D eigenvalue weighted by molar-refractivity contribution is 7.91. The van der Waals surface area contributed by atoms with Gasteiger partial charge in [0.05, 0.1) is 29.2 Å². The summed E-state index contributed by atoms with van der Waals surface area (Å²) in [6.45, 7) is 2.66. The Morgan fingerprint density at radius 2 is 1.62 bits per heavy atom. The van der Waals surface area contributed by atoms with E-state index in [9.17, 15) is 36.3 Å². The quantitative estimate of drug-likeness (QED) is 0.249. The molecule has 0 bridgehead atoms. The van der Waals surface area contributed by atoms with Crippen molar-refractivity contribution in [3.63, 3.8) is 0 Å². The van der Waals surface area contributed by atoms with Gasteiger partial charge in [-0.05, 0) is 67.4 Å². The molecular formula is C32H32F3N5O7S. The predicted octanol–water partition coefficient (Wildman–Crippen LogP) is 5.15. The fourth-order valence-electron chi connectivity index (χ4n) is 5.77. The van der Waals surface area contributed by atoms with Gasteiger partial charge in [0, 0.05) is 42.2 Å². The lowest BCUT2D eigenvalue weighted by molar-refractivity contribution is -0.192. The van der Waals surface area contributed by atoms with Gasteiger partial charge in [0.25, 0.3) is 0 Å². The summed E-state index contributed by atoms with van der Waals surface area (Å²) in [5.74, 6) is -3.77. The van der Waals surface area contributed by atoms with Crippen LogP contribution in [0.4, 0.5) is 29.3 Å². The third-order valence-corrected chi connectivity index (χ3v) is 10.1. The molecule has 2 aliphatic heterocycles. The number of aromatic amines is 1. The zero-order chi connectivity index (χ0) is 35.0. The van der Waals surface area contributed by atoms with Crippen molar-refractivity contribution in [3.8, 4) is 11.3 Å². The maximum absolute atomic E-state index is 13.2. The summed E-state index contributed by atoms with van der Waals surface area (Å²) in [7, 11) is -1.27. The summed E-state index contributed by atoms with van der Waals surface area (Å²) in [4.78, 5) is 46.8. The van der Waals surface area contributed by atoms with Gasteiger partial charge in [-0.15, -0.1) is 0 Å². The maximum Gasteiger partial charge on any atom is 0.490 e. The molecule has 4 heterocycles. The molecule has 0 unspecified atom stereocenters. The number of hydrogen-bond acceptors (Lipinski definition) is 7. The number of carboxylic acid groups (broad SMARTS) is 2. The molecule has 2 aliphatic rings. The topological polar surface area (TPSA) is 164 Å². The second-order valence-electron chi connectivity index (χ2n) is 11.7. The summed E-state index contributed by atoms with van der Waals surface area (Å²) in [6.07, 6.45) is -0.697. The Bertz CT molecular complexity index is 1950. The highest BCUT2D eigenvalue weighted by Crippen LogP contribution is 2.36. The summed E-state index contributed by atoms with van der Waals surface area (Å²) in [6, 6.07) is 16.5. The Balaban J connectivity index is 0.000000582. The summed E-state index contributed by atoms with van der Waals surface area (Å²) < 4.78 is 55.4. The molecule has 0 aliphatic carbocycles. The first kappa shape index (κ1) is 34.4. The summed E-state index contributed by atoms with van der Waals surface area (Å²) in [5.41, 5.74) is 6.29. The van der Waals surface area contributed by atoms with Crippen LogP contribution in [0.5, 0.6) is 0 Å². The average molecular weight is 688 g/mol. The van der Waals surface area contributed by atoms with E-state index < -0.39 is 28.0 Å². The molecular weight excluding hydrogens is 655 g/mol. The minimum Gasteiger partial charge on any atom is -0.478 e. The number of aromatic carboxylic acids is 1. The number of benzene rings is 2. The molecule has 48 heavy (non-hydrogen) atoms. The van der Waals surface area contributed by atoms with Crippen LogP contribution in [-0.4, -0.2) is 89.3 Å². The number of urea groups is 1. The van der Waals surface area contributed by atoms with Crippen LogP contribution in [0.2, 0.25) is 0 Å². The number of anilines is 2. The average Bonchev–Trinajstić information content (AvgIpc) is 3.48. The number of sulfone groups is 1. The van der Waals surface area contributed by atoms with Crippen LogP contribution >= 0.6 is 0 Å². The Kier molecular flexibility index (Phi) is 9.51. The van der Waals surface area contributed by atoms with Crippen molar-refractivity contribution in [2.45, 2.75) is 37.4 Å². The lowest BCUT2D eigenvalue weighted by Crippen LogP contribution is -2.45. The lowest BCUT2D eigenvalue weighted by atomic mass is 10.0. The first-order valence-electron chi connectivity index (χ1n) is 14.7. The van der Waals surface area contributed by atoms with Crippen molar-refractivity contribution in [1.82, 2.24) is 14.9 Å². The summed E-state index contributed by atoms with van der Waals surface area (Å²) >= 11 is 0. The number of rotatable bonds is 6. The summed E-state index contributed by atoms with van der Waals surface area (Å²) in [5, 5.41) is 17.0. The van der Waals surface area contributed by atoms with E-state index in [1.165, 1.54) is 24.0 Å². The van der Waals surface area contributed by atoms with Crippen molar-refractivity contribution in [1.29, 1.82) is 0 Å². The third kappa shape index (κ3) is 7.44. The number of aromatic nitrogens is 2. The van der Waals surface area contributed by atoms with E-state index in [0.29, 0.717) is 25.1 Å². The SMILES string of the molecule is CN1C(=O)N(c2ccc(C(=O)O)cc2)Cc2c1cnc1[nH]c(-c3ccc(CN4CCC(S(C)(=O)=O)CC4)cc3)cc21.O=C(O)C(F)(F)F. The van der Waals surface area contributed by atoms with Gasteiger partial charge < -0.3 is 15.2 Å². The number of amides is 2. The van der Waals surface area contributed by atoms with Crippen molar-refractivity contribution >= 4 is 50.2 Å². The maximum atomic E-state index is 13.2. The van der Waals surface area contributed by atoms with Gasteiger partial charge in [-0.25, -0.2) is 27.8 Å². The lowest BCUT2D eigenvalue weighted by Gasteiger charge is -2.35. The minimum atomic E-state index is -5.08. The fraction of sp³-hybridized carbons (Fsp3) is 0.312. The number of carbonyl (C=O) groups excluding carboxylic acids is 1. The molecule has 12 nitrogen and oxygen atoms in total. The zero-order valence-electron chi connectivity index (χ0n) is 25.9. The van der Waals surface area contributed by atoms with Crippen molar-refractivity contribution < 1.29 is 46.2 Å². The number of hydrogen-bond donors (Lipinski definition) is 3. The zero-order valence-corrected chi connectivity index (χ0v) is 26.7. The number of alkyl halides is 3. The molecule has 3 N–H and O–H groups in total. The second kappa shape index (κ2) is 13.3. The molecule has 2 aromatic carbocycles. The number of fused-ring (bicyclic) bond motifs is 3. The number of aliphatic carboxylic acids is 1. The van der Waals surface area contributed by atoms with Gasteiger partial charge in [-0.2, -0.15) is 13.2 Å². The number of piperidine rings is 1. The smallest absolute Gasteiger partial charge is 0.478 e. The predicted molar refractivity (Wildman–Crippen MR) is 172 cm³/mol. The van der Waals surface area contributed by atoms with Crippen LogP contribution in [0.15, 0.2) is 60.8 Å². The van der Waals surface area contributed by atoms with Gasteiger partial charge in [-0.1, -0.05) is 24.3 Å². The number of likely N-dealkylation sites (tertiary alicyclic amines) is 1. The minimum absolute atomic E-state index is 0.163. The molecule has 0 atom stereocenters. The molecule has 1 saturated heterocycles. The van der Waals surface area contributed by atoms with Crippen LogP contribution in [0, 0.1) is 0 Å². The van der Waals surface area contributed by atoms with E-state index in [0.717, 1.165) is 53.2 Å². The second-order valence-corrected chi connectivity index (χ2v) is 14.0. The highest BCUT2D eigenvalue weighted by atomic mass is 32.2. The van der Waals surface area contributed by atoms with E-state index in [1.54, 1.807) is 35.2 Å². The van der Waals surface area contributed by atoms with Crippen molar-refractivity contribution in [2.24, 2.45) is 0 Å². The molecule has 0 saturated carbocycles. The number of H-pyrrole nitrogens is 1. The van der Waals surface area contributed by atoms with Gasteiger partial charge in [0.2, 0.25) is 0 Å². The van der Waals surface area contributed by atoms with Crippen LogP contribution in [0.25, 0.3) is 22.3 Å². The number of nitrogens with zero attached hydrogens (tertiary/aromatic N) is 4. The highest BCUT2D eigenvalue weighted by Gasteiger charge is 2.38. The van der Waals surface area contributed by atoms with E-state index in [1.807, 2.05) is 0 Å².